The maximum absolute atomic E-state index is 12.0. The van der Waals surface area contributed by atoms with Gasteiger partial charge in [-0.25, -0.2) is 8.42 Å². The molecule has 0 spiro atoms. The van der Waals surface area contributed by atoms with Crippen LogP contribution in [0.15, 0.2) is 29.2 Å². The van der Waals surface area contributed by atoms with Gasteiger partial charge in [-0.15, -0.1) is 0 Å². The minimum atomic E-state index is -3.08. The Balaban J connectivity index is 2.83. The smallest absolute Gasteiger partial charge is 0.178 e. The van der Waals surface area contributed by atoms with Crippen molar-refractivity contribution in [1.82, 2.24) is 0 Å². The summed E-state index contributed by atoms with van der Waals surface area (Å²) in [5, 5.41) is 0. The molecular formula is C12H20O2SSi. The summed E-state index contributed by atoms with van der Waals surface area (Å²) in [5.41, 5.74) is 1.09. The van der Waals surface area contributed by atoms with E-state index in [0.29, 0.717) is 4.90 Å². The van der Waals surface area contributed by atoms with Gasteiger partial charge in [0.15, 0.2) is 9.84 Å². The average molecular weight is 256 g/mol. The van der Waals surface area contributed by atoms with E-state index >= 15 is 0 Å². The first-order chi connectivity index (χ1) is 7.21. The molecule has 0 aliphatic heterocycles. The number of benzene rings is 1. The first-order valence-electron chi connectivity index (χ1n) is 5.50. The number of hydrogen-bond acceptors (Lipinski definition) is 2. The second-order valence-electron chi connectivity index (χ2n) is 5.44. The minimum absolute atomic E-state index is 0.284. The fourth-order valence-corrected chi connectivity index (χ4v) is 5.61. The lowest BCUT2D eigenvalue weighted by Crippen LogP contribution is -2.23. The molecule has 0 saturated heterocycles. The molecule has 90 valence electrons. The van der Waals surface area contributed by atoms with E-state index in [2.05, 4.69) is 19.6 Å². The molecule has 0 unspecified atom stereocenters. The molecule has 0 amide bonds. The summed E-state index contributed by atoms with van der Waals surface area (Å²) in [6.07, 6.45) is 0. The highest BCUT2D eigenvalue weighted by molar-refractivity contribution is 7.91. The van der Waals surface area contributed by atoms with Gasteiger partial charge in [0.2, 0.25) is 0 Å². The van der Waals surface area contributed by atoms with Crippen molar-refractivity contribution in [2.75, 3.05) is 5.75 Å². The Hall–Kier alpha value is -0.613. The molecule has 0 aromatic heterocycles. The summed E-state index contributed by atoms with van der Waals surface area (Å²) in [4.78, 5) is 0.455. The number of aryl methyl sites for hydroxylation is 1. The van der Waals surface area contributed by atoms with Crippen molar-refractivity contribution >= 4 is 17.9 Å². The Morgan fingerprint density at radius 1 is 1.06 bits per heavy atom. The van der Waals surface area contributed by atoms with Crippen molar-refractivity contribution in [2.24, 2.45) is 0 Å². The molecule has 0 heterocycles. The Morgan fingerprint density at radius 3 is 2.00 bits per heavy atom. The predicted molar refractivity (Wildman–Crippen MR) is 71.4 cm³/mol. The Kier molecular flexibility index (Phi) is 3.96. The van der Waals surface area contributed by atoms with E-state index in [4.69, 9.17) is 0 Å². The van der Waals surface area contributed by atoms with Crippen molar-refractivity contribution in [3.63, 3.8) is 0 Å². The van der Waals surface area contributed by atoms with Gasteiger partial charge in [0.1, 0.15) is 0 Å². The van der Waals surface area contributed by atoms with E-state index in [9.17, 15) is 8.42 Å². The largest absolute Gasteiger partial charge is 0.224 e. The molecule has 2 nitrogen and oxygen atoms in total. The Morgan fingerprint density at radius 2 is 1.56 bits per heavy atom. The third-order valence-electron chi connectivity index (χ3n) is 2.50. The molecule has 1 aromatic carbocycles. The Labute approximate surface area is 99.6 Å². The van der Waals surface area contributed by atoms with E-state index in [-0.39, 0.29) is 5.75 Å². The molecule has 0 N–H and O–H groups in total. The topological polar surface area (TPSA) is 34.1 Å². The fourth-order valence-electron chi connectivity index (χ4n) is 1.30. The van der Waals surface area contributed by atoms with Crippen LogP contribution in [0.25, 0.3) is 0 Å². The van der Waals surface area contributed by atoms with Crippen LogP contribution in [0.2, 0.25) is 25.7 Å². The first kappa shape index (κ1) is 13.5. The second-order valence-corrected chi connectivity index (χ2v) is 13.2. The molecule has 0 bridgehead atoms. The molecular weight excluding hydrogens is 236 g/mol. The molecule has 16 heavy (non-hydrogen) atoms. The lowest BCUT2D eigenvalue weighted by atomic mass is 10.2. The van der Waals surface area contributed by atoms with Crippen molar-refractivity contribution in [2.45, 2.75) is 37.5 Å². The summed E-state index contributed by atoms with van der Waals surface area (Å²) in [7, 11) is -4.37. The van der Waals surface area contributed by atoms with Gasteiger partial charge in [-0.1, -0.05) is 37.3 Å². The molecule has 0 saturated carbocycles. The standard InChI is InChI=1S/C12H20O2SSi/c1-11-5-7-12(8-6-11)15(13,14)9-10-16(2,3)4/h5-8H,9-10H2,1-4H3. The minimum Gasteiger partial charge on any atom is -0.224 e. The lowest BCUT2D eigenvalue weighted by molar-refractivity contribution is 0.597. The zero-order valence-corrected chi connectivity index (χ0v) is 12.3. The van der Waals surface area contributed by atoms with Gasteiger partial charge < -0.3 is 0 Å². The number of rotatable bonds is 4. The second kappa shape index (κ2) is 4.71. The highest BCUT2D eigenvalue weighted by Gasteiger charge is 2.20. The zero-order valence-electron chi connectivity index (χ0n) is 10.4. The van der Waals surface area contributed by atoms with E-state index in [1.807, 2.05) is 19.1 Å². The van der Waals surface area contributed by atoms with Crippen LogP contribution >= 0.6 is 0 Å². The van der Waals surface area contributed by atoms with Crippen LogP contribution in [0.4, 0.5) is 0 Å². The molecule has 0 atom stereocenters. The summed E-state index contributed by atoms with van der Waals surface area (Å²) in [6, 6.07) is 7.93. The van der Waals surface area contributed by atoms with Gasteiger partial charge in [-0.3, -0.25) is 0 Å². The van der Waals surface area contributed by atoms with Crippen LogP contribution in [-0.4, -0.2) is 22.2 Å². The average Bonchev–Trinajstić information content (AvgIpc) is 2.15. The van der Waals surface area contributed by atoms with E-state index in [1.54, 1.807) is 12.1 Å². The van der Waals surface area contributed by atoms with Crippen molar-refractivity contribution in [3.05, 3.63) is 29.8 Å². The van der Waals surface area contributed by atoms with Gasteiger partial charge in [0.05, 0.1) is 10.6 Å². The third-order valence-corrected chi connectivity index (χ3v) is 6.35. The summed E-state index contributed by atoms with van der Waals surface area (Å²) in [6.45, 7) is 8.53. The van der Waals surface area contributed by atoms with Gasteiger partial charge in [0.25, 0.3) is 0 Å². The summed E-state index contributed by atoms with van der Waals surface area (Å²) in [5.74, 6) is 0.284. The first-order valence-corrected chi connectivity index (χ1v) is 10.9. The molecule has 0 fully saturated rings. The normalized spacial score (nSPS) is 12.8. The van der Waals surface area contributed by atoms with Crippen LogP contribution in [0, 0.1) is 6.92 Å². The highest BCUT2D eigenvalue weighted by Crippen LogP contribution is 2.17. The predicted octanol–water partition coefficient (Wildman–Crippen LogP) is 3.11. The van der Waals surface area contributed by atoms with E-state index in [0.717, 1.165) is 11.6 Å². The molecule has 4 heteroatoms. The third kappa shape index (κ3) is 4.10. The van der Waals surface area contributed by atoms with E-state index < -0.39 is 17.9 Å². The summed E-state index contributed by atoms with van der Waals surface area (Å²) < 4.78 is 24.0. The fraction of sp³-hybridized carbons (Fsp3) is 0.500. The maximum atomic E-state index is 12.0. The molecule has 0 aliphatic rings. The van der Waals surface area contributed by atoms with Crippen LogP contribution in [0.3, 0.4) is 0 Å². The van der Waals surface area contributed by atoms with E-state index in [1.165, 1.54) is 0 Å². The molecule has 0 radical (unpaired) electrons. The van der Waals surface area contributed by atoms with Gasteiger partial charge in [-0.2, -0.15) is 0 Å². The summed E-state index contributed by atoms with van der Waals surface area (Å²) >= 11 is 0. The lowest BCUT2D eigenvalue weighted by Gasteiger charge is -2.15. The molecule has 1 aromatic rings. The van der Waals surface area contributed by atoms with Crippen LogP contribution in [0.1, 0.15) is 5.56 Å². The maximum Gasteiger partial charge on any atom is 0.178 e. The highest BCUT2D eigenvalue weighted by atomic mass is 32.2. The van der Waals surface area contributed by atoms with Crippen molar-refractivity contribution < 1.29 is 8.42 Å². The zero-order chi connectivity index (χ0) is 12.4. The monoisotopic (exact) mass is 256 g/mol. The van der Waals surface area contributed by atoms with Gasteiger partial charge in [0, 0.05) is 8.07 Å². The number of sulfone groups is 1. The SMILES string of the molecule is Cc1ccc(S(=O)(=O)CC[Si](C)(C)C)cc1. The molecule has 1 rings (SSSR count). The van der Waals surface area contributed by atoms with Crippen LogP contribution in [-0.2, 0) is 9.84 Å². The van der Waals surface area contributed by atoms with Crippen molar-refractivity contribution in [3.8, 4) is 0 Å². The van der Waals surface area contributed by atoms with Crippen LogP contribution in [0.5, 0.6) is 0 Å². The van der Waals surface area contributed by atoms with Gasteiger partial charge >= 0.3 is 0 Å². The quantitative estimate of drug-likeness (QED) is 0.776. The molecule has 0 aliphatic carbocycles. The van der Waals surface area contributed by atoms with Crippen molar-refractivity contribution in [1.29, 1.82) is 0 Å². The Bertz CT molecular complexity index is 441. The van der Waals surface area contributed by atoms with Crippen LogP contribution < -0.4 is 0 Å². The number of hydrogen-bond donors (Lipinski definition) is 0. The van der Waals surface area contributed by atoms with Gasteiger partial charge in [-0.05, 0) is 25.1 Å².